The van der Waals surface area contributed by atoms with Crippen molar-refractivity contribution in [1.82, 2.24) is 0 Å². The molecule has 0 atom stereocenters. The van der Waals surface area contributed by atoms with E-state index >= 15 is 0 Å². The fourth-order valence-corrected chi connectivity index (χ4v) is 2.90. The lowest BCUT2D eigenvalue weighted by atomic mass is 10.1. The summed E-state index contributed by atoms with van der Waals surface area (Å²) in [5.41, 5.74) is 2.14. The lowest BCUT2D eigenvalue weighted by molar-refractivity contribution is 0.101. The van der Waals surface area contributed by atoms with Gasteiger partial charge in [0.25, 0.3) is 11.8 Å². The number of carbonyl (C=O) groups excluding carboxylic acids is 2. The molecule has 0 saturated heterocycles. The zero-order valence-corrected chi connectivity index (χ0v) is 14.3. The summed E-state index contributed by atoms with van der Waals surface area (Å²) in [5, 5.41) is 17.1. The van der Waals surface area contributed by atoms with Crippen LogP contribution in [0.15, 0.2) is 60.0 Å². The van der Waals surface area contributed by atoms with Gasteiger partial charge in [-0.15, -0.1) is 11.3 Å². The van der Waals surface area contributed by atoms with Gasteiger partial charge in [0.05, 0.1) is 10.6 Å². The van der Waals surface area contributed by atoms with Crippen molar-refractivity contribution in [2.24, 2.45) is 0 Å². The van der Waals surface area contributed by atoms with Crippen LogP contribution >= 0.6 is 11.3 Å². The standard InChI is InChI=1S/C19H16N2O3S/c1-12-7-8-15(16(22)10-12)21-18(23)13-4-2-5-14(11-13)20-19(24)17-6-3-9-25-17/h2-11,22H,1H3,(H,20,24)(H,21,23). The number of aryl methyl sites for hydroxylation is 1. The molecule has 3 aromatic rings. The van der Waals surface area contributed by atoms with Crippen LogP contribution in [-0.4, -0.2) is 16.9 Å². The van der Waals surface area contributed by atoms with Crippen molar-refractivity contribution >= 4 is 34.5 Å². The molecule has 0 aliphatic heterocycles. The lowest BCUT2D eigenvalue weighted by Crippen LogP contribution is -2.14. The largest absolute Gasteiger partial charge is 0.506 e. The number of phenolic OH excluding ortho intramolecular Hbond substituents is 1. The summed E-state index contributed by atoms with van der Waals surface area (Å²) in [4.78, 5) is 25.1. The van der Waals surface area contributed by atoms with Gasteiger partial charge in [0, 0.05) is 11.3 Å². The SMILES string of the molecule is Cc1ccc(NC(=O)c2cccc(NC(=O)c3cccs3)c2)c(O)c1. The predicted molar refractivity (Wildman–Crippen MR) is 99.5 cm³/mol. The van der Waals surface area contributed by atoms with Gasteiger partial charge >= 0.3 is 0 Å². The van der Waals surface area contributed by atoms with Gasteiger partial charge in [0.1, 0.15) is 5.75 Å². The maximum Gasteiger partial charge on any atom is 0.265 e. The molecule has 0 unspecified atom stereocenters. The van der Waals surface area contributed by atoms with Gasteiger partial charge in [0.15, 0.2) is 0 Å². The van der Waals surface area contributed by atoms with Crippen molar-refractivity contribution in [3.8, 4) is 5.75 Å². The van der Waals surface area contributed by atoms with E-state index in [0.717, 1.165) is 5.56 Å². The van der Waals surface area contributed by atoms with Crippen molar-refractivity contribution in [3.63, 3.8) is 0 Å². The van der Waals surface area contributed by atoms with Crippen molar-refractivity contribution in [2.75, 3.05) is 10.6 Å². The zero-order chi connectivity index (χ0) is 17.8. The number of benzene rings is 2. The van der Waals surface area contributed by atoms with E-state index in [-0.39, 0.29) is 17.6 Å². The normalized spacial score (nSPS) is 10.3. The smallest absolute Gasteiger partial charge is 0.265 e. The lowest BCUT2D eigenvalue weighted by Gasteiger charge is -2.09. The molecule has 0 radical (unpaired) electrons. The van der Waals surface area contributed by atoms with Crippen LogP contribution < -0.4 is 10.6 Å². The van der Waals surface area contributed by atoms with Crippen LogP contribution in [0.5, 0.6) is 5.75 Å². The molecular weight excluding hydrogens is 336 g/mol. The molecule has 3 N–H and O–H groups in total. The number of anilines is 2. The Morgan fingerprint density at radius 3 is 2.52 bits per heavy atom. The zero-order valence-electron chi connectivity index (χ0n) is 13.4. The Labute approximate surface area is 148 Å². The molecule has 6 heteroatoms. The van der Waals surface area contributed by atoms with Crippen LogP contribution in [0.3, 0.4) is 0 Å². The van der Waals surface area contributed by atoms with E-state index in [1.807, 2.05) is 12.3 Å². The van der Waals surface area contributed by atoms with Crippen LogP contribution in [0, 0.1) is 6.92 Å². The second kappa shape index (κ2) is 7.19. The second-order valence-corrected chi connectivity index (χ2v) is 6.43. The first-order valence-electron chi connectivity index (χ1n) is 7.59. The average Bonchev–Trinajstić information content (AvgIpc) is 3.12. The predicted octanol–water partition coefficient (Wildman–Crippen LogP) is 4.27. The first-order valence-corrected chi connectivity index (χ1v) is 8.47. The molecule has 2 amide bonds. The molecule has 2 aromatic carbocycles. The van der Waals surface area contributed by atoms with Crippen molar-refractivity contribution in [3.05, 3.63) is 76.0 Å². The van der Waals surface area contributed by atoms with Crippen LogP contribution in [0.4, 0.5) is 11.4 Å². The molecule has 0 saturated carbocycles. The number of hydrogen-bond donors (Lipinski definition) is 3. The molecule has 0 bridgehead atoms. The molecule has 5 nitrogen and oxygen atoms in total. The van der Waals surface area contributed by atoms with Crippen LogP contribution in [-0.2, 0) is 0 Å². The second-order valence-electron chi connectivity index (χ2n) is 5.49. The Balaban J connectivity index is 1.74. The first kappa shape index (κ1) is 16.7. The molecule has 1 heterocycles. The van der Waals surface area contributed by atoms with E-state index in [1.54, 1.807) is 54.6 Å². The maximum atomic E-state index is 12.4. The number of hydrogen-bond acceptors (Lipinski definition) is 4. The number of thiophene rings is 1. The van der Waals surface area contributed by atoms with E-state index in [0.29, 0.717) is 21.8 Å². The van der Waals surface area contributed by atoms with E-state index < -0.39 is 0 Å². The van der Waals surface area contributed by atoms with Gasteiger partial charge in [-0.25, -0.2) is 0 Å². The van der Waals surface area contributed by atoms with Crippen molar-refractivity contribution in [1.29, 1.82) is 0 Å². The Kier molecular flexibility index (Phi) is 4.81. The molecule has 0 aliphatic rings. The molecule has 126 valence electrons. The van der Waals surface area contributed by atoms with Gasteiger partial charge in [-0.05, 0) is 54.3 Å². The first-order chi connectivity index (χ1) is 12.0. The molecular formula is C19H16N2O3S. The third-order valence-electron chi connectivity index (χ3n) is 3.53. The number of aromatic hydroxyl groups is 1. The monoisotopic (exact) mass is 352 g/mol. The third kappa shape index (κ3) is 4.05. The van der Waals surface area contributed by atoms with E-state index in [4.69, 9.17) is 0 Å². The minimum atomic E-state index is -0.369. The average molecular weight is 352 g/mol. The van der Waals surface area contributed by atoms with Crippen LogP contribution in [0.25, 0.3) is 0 Å². The Bertz CT molecular complexity index is 920. The molecule has 25 heavy (non-hydrogen) atoms. The summed E-state index contributed by atoms with van der Waals surface area (Å²) in [5.74, 6) is -0.578. The van der Waals surface area contributed by atoms with Crippen molar-refractivity contribution < 1.29 is 14.7 Å². The summed E-state index contributed by atoms with van der Waals surface area (Å²) in [7, 11) is 0. The van der Waals surface area contributed by atoms with Crippen molar-refractivity contribution in [2.45, 2.75) is 6.92 Å². The highest BCUT2D eigenvalue weighted by Crippen LogP contribution is 2.25. The maximum absolute atomic E-state index is 12.4. The molecule has 3 rings (SSSR count). The van der Waals surface area contributed by atoms with Gasteiger partial charge < -0.3 is 15.7 Å². The third-order valence-corrected chi connectivity index (χ3v) is 4.40. The Morgan fingerprint density at radius 2 is 1.80 bits per heavy atom. The Hall–Kier alpha value is -3.12. The minimum Gasteiger partial charge on any atom is -0.506 e. The molecule has 0 aliphatic carbocycles. The number of amides is 2. The van der Waals surface area contributed by atoms with E-state index in [1.165, 1.54) is 11.3 Å². The number of rotatable bonds is 4. The van der Waals surface area contributed by atoms with Gasteiger partial charge in [-0.2, -0.15) is 0 Å². The molecule has 1 aromatic heterocycles. The van der Waals surface area contributed by atoms with Gasteiger partial charge in [0.2, 0.25) is 0 Å². The molecule has 0 fully saturated rings. The number of carbonyl (C=O) groups is 2. The number of nitrogens with one attached hydrogen (secondary N) is 2. The quantitative estimate of drug-likeness (QED) is 0.614. The van der Waals surface area contributed by atoms with Crippen LogP contribution in [0.2, 0.25) is 0 Å². The highest BCUT2D eigenvalue weighted by Gasteiger charge is 2.11. The topological polar surface area (TPSA) is 78.4 Å². The van der Waals surface area contributed by atoms with Crippen LogP contribution in [0.1, 0.15) is 25.6 Å². The fourth-order valence-electron chi connectivity index (χ4n) is 2.28. The van der Waals surface area contributed by atoms with E-state index in [9.17, 15) is 14.7 Å². The Morgan fingerprint density at radius 1 is 0.960 bits per heavy atom. The fraction of sp³-hybridized carbons (Fsp3) is 0.0526. The summed E-state index contributed by atoms with van der Waals surface area (Å²) in [6.07, 6.45) is 0. The summed E-state index contributed by atoms with van der Waals surface area (Å²) >= 11 is 1.35. The summed E-state index contributed by atoms with van der Waals surface area (Å²) < 4.78 is 0. The minimum absolute atomic E-state index is 0.00972. The van der Waals surface area contributed by atoms with Gasteiger partial charge in [-0.1, -0.05) is 18.2 Å². The van der Waals surface area contributed by atoms with Gasteiger partial charge in [-0.3, -0.25) is 9.59 Å². The molecule has 0 spiro atoms. The van der Waals surface area contributed by atoms with E-state index in [2.05, 4.69) is 10.6 Å². The summed E-state index contributed by atoms with van der Waals surface area (Å²) in [6.45, 7) is 1.85. The highest BCUT2D eigenvalue weighted by atomic mass is 32.1. The highest BCUT2D eigenvalue weighted by molar-refractivity contribution is 7.12. The summed E-state index contributed by atoms with van der Waals surface area (Å²) in [6, 6.07) is 15.2. The number of phenols is 1.